The van der Waals surface area contributed by atoms with E-state index in [2.05, 4.69) is 24.3 Å². The van der Waals surface area contributed by atoms with Crippen LogP contribution in [0, 0.1) is 11.3 Å². The van der Waals surface area contributed by atoms with E-state index in [0.29, 0.717) is 23.3 Å². The van der Waals surface area contributed by atoms with E-state index in [4.69, 9.17) is 10.00 Å². The average molecular weight is 365 g/mol. The molecule has 1 aliphatic heterocycles. The minimum absolute atomic E-state index is 0.122. The Bertz CT molecular complexity index is 1140. The zero-order valence-corrected chi connectivity index (χ0v) is 15.4. The van der Waals surface area contributed by atoms with Gasteiger partial charge in [-0.05, 0) is 65.8 Å². The number of nitrogens with zero attached hydrogens (tertiary/aromatic N) is 1. The number of aryl methyl sites for hydroxylation is 1. The molecular weight excluding hydrogens is 346 g/mol. The van der Waals surface area contributed by atoms with E-state index in [1.165, 1.54) is 5.56 Å². The first kappa shape index (κ1) is 16.8. The Morgan fingerprint density at radius 3 is 2.71 bits per heavy atom. The molecule has 3 heteroatoms. The van der Waals surface area contributed by atoms with E-state index in [0.717, 1.165) is 36.0 Å². The van der Waals surface area contributed by atoms with Gasteiger partial charge in [-0.2, -0.15) is 5.26 Å². The molecule has 1 heterocycles. The number of hydrogen-bond donors (Lipinski definition) is 0. The third kappa shape index (κ3) is 2.61. The molecule has 0 fully saturated rings. The molecule has 0 amide bonds. The quantitative estimate of drug-likeness (QED) is 0.578. The van der Waals surface area contributed by atoms with Gasteiger partial charge in [0.15, 0.2) is 5.78 Å². The maximum atomic E-state index is 13.1. The van der Waals surface area contributed by atoms with E-state index in [9.17, 15) is 4.79 Å². The summed E-state index contributed by atoms with van der Waals surface area (Å²) in [5, 5.41) is 9.14. The number of nitriles is 1. The second-order valence-electron chi connectivity index (χ2n) is 7.61. The lowest BCUT2D eigenvalue weighted by atomic mass is 9.74. The summed E-state index contributed by atoms with van der Waals surface area (Å²) >= 11 is 0. The lowest BCUT2D eigenvalue weighted by Crippen LogP contribution is -2.42. The van der Waals surface area contributed by atoms with Crippen molar-refractivity contribution in [3.05, 3.63) is 89.0 Å². The van der Waals surface area contributed by atoms with Crippen LogP contribution in [-0.2, 0) is 12.0 Å². The molecule has 5 rings (SSSR count). The van der Waals surface area contributed by atoms with Crippen molar-refractivity contribution in [1.82, 2.24) is 0 Å². The van der Waals surface area contributed by atoms with Gasteiger partial charge >= 0.3 is 0 Å². The molecule has 28 heavy (non-hydrogen) atoms. The van der Waals surface area contributed by atoms with Crippen molar-refractivity contribution in [2.24, 2.45) is 0 Å². The third-order valence-corrected chi connectivity index (χ3v) is 5.89. The summed E-state index contributed by atoms with van der Waals surface area (Å²) in [6.45, 7) is 0. The van der Waals surface area contributed by atoms with Crippen molar-refractivity contribution < 1.29 is 9.53 Å². The Morgan fingerprint density at radius 2 is 1.82 bits per heavy atom. The lowest BCUT2D eigenvalue weighted by molar-refractivity contribution is 0.0253. The highest BCUT2D eigenvalue weighted by Gasteiger charge is 2.44. The monoisotopic (exact) mass is 365 g/mol. The molecule has 1 spiro atoms. The van der Waals surface area contributed by atoms with Crippen molar-refractivity contribution in [3.63, 3.8) is 0 Å². The fourth-order valence-corrected chi connectivity index (χ4v) is 4.56. The zero-order valence-electron chi connectivity index (χ0n) is 15.4. The molecule has 0 radical (unpaired) electrons. The smallest absolute Gasteiger partial charge is 0.170 e. The van der Waals surface area contributed by atoms with Crippen LogP contribution in [0.1, 0.15) is 46.3 Å². The summed E-state index contributed by atoms with van der Waals surface area (Å²) in [6.07, 6.45) is 3.30. The van der Waals surface area contributed by atoms with Crippen LogP contribution in [0.4, 0.5) is 0 Å². The Morgan fingerprint density at radius 1 is 0.964 bits per heavy atom. The number of ketones is 1. The van der Waals surface area contributed by atoms with Gasteiger partial charge in [0.25, 0.3) is 0 Å². The Kier molecular flexibility index (Phi) is 3.80. The SMILES string of the molecule is N#Cc1cccc(-c2ccc3c(c2)C(=O)CC2(CCCc4ccccc42)O3)c1. The number of Topliss-reactive ketones (excluding diaryl/α,β-unsaturated/α-hetero) is 1. The fourth-order valence-electron chi connectivity index (χ4n) is 4.56. The number of hydrogen-bond acceptors (Lipinski definition) is 3. The Balaban J connectivity index is 1.56. The first-order chi connectivity index (χ1) is 13.7. The molecule has 3 nitrogen and oxygen atoms in total. The molecule has 0 saturated heterocycles. The summed E-state index contributed by atoms with van der Waals surface area (Å²) in [7, 11) is 0. The topological polar surface area (TPSA) is 50.1 Å². The Labute approximate surface area is 164 Å². The van der Waals surface area contributed by atoms with Gasteiger partial charge in [0, 0.05) is 0 Å². The van der Waals surface area contributed by atoms with Crippen molar-refractivity contribution in [3.8, 4) is 22.9 Å². The van der Waals surface area contributed by atoms with Gasteiger partial charge in [-0.3, -0.25) is 4.79 Å². The minimum atomic E-state index is -0.541. The van der Waals surface area contributed by atoms with Gasteiger partial charge in [0.1, 0.15) is 11.4 Å². The second-order valence-corrected chi connectivity index (χ2v) is 7.61. The van der Waals surface area contributed by atoms with E-state index in [1.54, 1.807) is 6.07 Å². The van der Waals surface area contributed by atoms with Gasteiger partial charge in [0.05, 0.1) is 23.6 Å². The van der Waals surface area contributed by atoms with Crippen LogP contribution < -0.4 is 4.74 Å². The molecule has 0 saturated carbocycles. The summed E-state index contributed by atoms with van der Waals surface area (Å²) in [4.78, 5) is 13.1. The number of benzene rings is 3. The van der Waals surface area contributed by atoms with Crippen molar-refractivity contribution >= 4 is 5.78 Å². The third-order valence-electron chi connectivity index (χ3n) is 5.89. The van der Waals surface area contributed by atoms with Crippen LogP contribution in [0.3, 0.4) is 0 Å². The number of carbonyl (C=O) groups is 1. The second kappa shape index (κ2) is 6.35. The molecule has 0 bridgehead atoms. The normalized spacial score (nSPS) is 20.0. The van der Waals surface area contributed by atoms with Crippen LogP contribution in [-0.4, -0.2) is 5.78 Å². The van der Waals surface area contributed by atoms with Crippen LogP contribution >= 0.6 is 0 Å². The van der Waals surface area contributed by atoms with E-state index < -0.39 is 5.60 Å². The molecule has 1 unspecified atom stereocenters. The number of carbonyl (C=O) groups excluding carboxylic acids is 1. The first-order valence-corrected chi connectivity index (χ1v) is 9.64. The molecule has 3 aromatic rings. The minimum Gasteiger partial charge on any atom is -0.481 e. The molecule has 2 aliphatic rings. The van der Waals surface area contributed by atoms with Crippen LogP contribution in [0.5, 0.6) is 5.75 Å². The maximum absolute atomic E-state index is 13.1. The molecule has 0 aromatic heterocycles. The lowest BCUT2D eigenvalue weighted by Gasteiger charge is -2.42. The Hall–Kier alpha value is -3.38. The highest BCUT2D eigenvalue weighted by Crippen LogP contribution is 2.47. The predicted octanol–water partition coefficient (Wildman–Crippen LogP) is 5.42. The largest absolute Gasteiger partial charge is 0.481 e. The van der Waals surface area contributed by atoms with Gasteiger partial charge in [0.2, 0.25) is 0 Å². The van der Waals surface area contributed by atoms with Crippen LogP contribution in [0.2, 0.25) is 0 Å². The molecule has 136 valence electrons. The van der Waals surface area contributed by atoms with Crippen molar-refractivity contribution in [1.29, 1.82) is 5.26 Å². The van der Waals surface area contributed by atoms with Crippen LogP contribution in [0.25, 0.3) is 11.1 Å². The van der Waals surface area contributed by atoms with Crippen molar-refractivity contribution in [2.45, 2.75) is 31.3 Å². The van der Waals surface area contributed by atoms with Gasteiger partial charge < -0.3 is 4.74 Å². The van der Waals surface area contributed by atoms with Crippen molar-refractivity contribution in [2.75, 3.05) is 0 Å². The predicted molar refractivity (Wildman–Crippen MR) is 107 cm³/mol. The first-order valence-electron chi connectivity index (χ1n) is 9.64. The highest BCUT2D eigenvalue weighted by molar-refractivity contribution is 6.01. The van der Waals surface area contributed by atoms with Gasteiger partial charge in [-0.25, -0.2) is 0 Å². The number of rotatable bonds is 1. The average Bonchev–Trinajstić information content (AvgIpc) is 2.74. The summed E-state index contributed by atoms with van der Waals surface area (Å²) < 4.78 is 6.52. The molecular formula is C25H19NO2. The summed E-state index contributed by atoms with van der Waals surface area (Å²) in [5.74, 6) is 0.782. The van der Waals surface area contributed by atoms with Crippen LogP contribution in [0.15, 0.2) is 66.7 Å². The maximum Gasteiger partial charge on any atom is 0.170 e. The molecule has 0 N–H and O–H groups in total. The standard InChI is InChI=1S/C25H19NO2/c26-16-17-5-3-7-19(13-17)20-10-11-24-21(14-20)23(27)15-25(28-24)12-4-8-18-6-1-2-9-22(18)25/h1-3,5-7,9-11,13-14H,4,8,12,15H2. The van der Waals surface area contributed by atoms with Gasteiger partial charge in [-0.1, -0.05) is 42.5 Å². The van der Waals surface area contributed by atoms with E-state index in [1.807, 2.05) is 42.5 Å². The molecule has 1 aliphatic carbocycles. The molecule has 1 atom stereocenters. The number of fused-ring (bicyclic) bond motifs is 3. The fraction of sp³-hybridized carbons (Fsp3) is 0.200. The summed E-state index contributed by atoms with van der Waals surface area (Å²) in [5.41, 5.74) is 5.00. The van der Waals surface area contributed by atoms with E-state index >= 15 is 0 Å². The summed E-state index contributed by atoms with van der Waals surface area (Å²) in [6, 6.07) is 23.7. The zero-order chi connectivity index (χ0) is 19.1. The molecule has 3 aromatic carbocycles. The van der Waals surface area contributed by atoms with Gasteiger partial charge in [-0.15, -0.1) is 0 Å². The number of ether oxygens (including phenoxy) is 1. The van der Waals surface area contributed by atoms with E-state index in [-0.39, 0.29) is 5.78 Å². The highest BCUT2D eigenvalue weighted by atomic mass is 16.5.